The molecular weight excluding hydrogens is 270 g/mol. The van der Waals surface area contributed by atoms with Gasteiger partial charge in [0.2, 0.25) is 0 Å². The van der Waals surface area contributed by atoms with Gasteiger partial charge in [-0.3, -0.25) is 9.59 Å². The number of nitrogens with one attached hydrogen (secondary N) is 1. The lowest BCUT2D eigenvalue weighted by molar-refractivity contribution is -0.148. The van der Waals surface area contributed by atoms with E-state index in [-0.39, 0.29) is 19.1 Å². The smallest absolute Gasteiger partial charge is 0.311 e. The number of aliphatic carboxylic acids is 1. The Hall–Kier alpha value is -2.04. The van der Waals surface area contributed by atoms with Crippen molar-refractivity contribution < 1.29 is 19.4 Å². The van der Waals surface area contributed by atoms with Crippen LogP contribution < -0.4 is 10.1 Å². The normalized spacial score (nSPS) is 13.3. The minimum absolute atomic E-state index is 0.0912. The first-order chi connectivity index (χ1) is 9.78. The van der Waals surface area contributed by atoms with Crippen LogP contribution in [0.2, 0.25) is 0 Å². The van der Waals surface area contributed by atoms with Crippen LogP contribution in [-0.2, 0) is 9.59 Å². The molecule has 1 aromatic rings. The summed E-state index contributed by atoms with van der Waals surface area (Å²) in [4.78, 5) is 22.9. The first kappa shape index (κ1) is 17.0. The van der Waals surface area contributed by atoms with E-state index in [0.717, 1.165) is 11.1 Å². The molecule has 1 amide bonds. The Balaban J connectivity index is 2.49. The van der Waals surface area contributed by atoms with Crippen molar-refractivity contribution in [2.75, 3.05) is 13.2 Å². The molecule has 21 heavy (non-hydrogen) atoms. The molecule has 5 nitrogen and oxygen atoms in total. The third kappa shape index (κ3) is 4.77. The number of amides is 1. The van der Waals surface area contributed by atoms with Crippen molar-refractivity contribution >= 4 is 11.9 Å². The summed E-state index contributed by atoms with van der Waals surface area (Å²) in [6.45, 7) is 7.27. The van der Waals surface area contributed by atoms with E-state index in [1.165, 1.54) is 0 Å². The lowest BCUT2D eigenvalue weighted by Gasteiger charge is -2.23. The lowest BCUT2D eigenvalue weighted by atomic mass is 9.88. The van der Waals surface area contributed by atoms with Crippen LogP contribution in [0.5, 0.6) is 5.75 Å². The zero-order valence-corrected chi connectivity index (χ0v) is 13.0. The summed E-state index contributed by atoms with van der Waals surface area (Å²) in [5.41, 5.74) is 1.14. The Morgan fingerprint density at radius 3 is 2.52 bits per heavy atom. The highest BCUT2D eigenvalue weighted by atomic mass is 16.5. The van der Waals surface area contributed by atoms with Crippen LogP contribution in [0.3, 0.4) is 0 Å². The molecule has 1 unspecified atom stereocenters. The molecule has 5 heteroatoms. The van der Waals surface area contributed by atoms with Crippen LogP contribution in [-0.4, -0.2) is 30.1 Å². The van der Waals surface area contributed by atoms with Crippen LogP contribution in [0.15, 0.2) is 18.2 Å². The number of ether oxygens (including phenoxy) is 1. The van der Waals surface area contributed by atoms with Gasteiger partial charge in [-0.05, 0) is 38.8 Å². The van der Waals surface area contributed by atoms with E-state index in [9.17, 15) is 9.59 Å². The van der Waals surface area contributed by atoms with Crippen molar-refractivity contribution in [3.63, 3.8) is 0 Å². The fourth-order valence-corrected chi connectivity index (χ4v) is 1.80. The highest BCUT2D eigenvalue weighted by molar-refractivity contribution is 5.79. The van der Waals surface area contributed by atoms with Crippen molar-refractivity contribution in [3.05, 3.63) is 29.3 Å². The number of rotatable bonds is 7. The monoisotopic (exact) mass is 293 g/mol. The molecule has 0 bridgehead atoms. The first-order valence-electron chi connectivity index (χ1n) is 6.98. The molecule has 0 saturated heterocycles. The lowest BCUT2D eigenvalue weighted by Crippen LogP contribution is -2.42. The van der Waals surface area contributed by atoms with Gasteiger partial charge in [-0.25, -0.2) is 0 Å². The standard InChI is InChI=1S/C16H23NO4/c1-5-16(4,15(19)20)10-17-14(18)9-21-13-7-6-11(2)8-12(13)3/h6-8H,5,9-10H2,1-4H3,(H,17,18)(H,19,20). The number of carboxylic acids is 1. The highest BCUT2D eigenvalue weighted by Crippen LogP contribution is 2.20. The number of aryl methyl sites for hydroxylation is 2. The van der Waals surface area contributed by atoms with Crippen LogP contribution in [0.4, 0.5) is 0 Å². The molecule has 116 valence electrons. The summed E-state index contributed by atoms with van der Waals surface area (Å²) < 4.78 is 5.45. The molecule has 0 spiro atoms. The summed E-state index contributed by atoms with van der Waals surface area (Å²) in [5.74, 6) is -0.580. The third-order valence-corrected chi connectivity index (χ3v) is 3.66. The van der Waals surface area contributed by atoms with Crippen LogP contribution in [0.1, 0.15) is 31.4 Å². The molecular formula is C16H23NO4. The average Bonchev–Trinajstić information content (AvgIpc) is 2.43. The molecule has 2 N–H and O–H groups in total. The van der Waals surface area contributed by atoms with Crippen LogP contribution in [0, 0.1) is 19.3 Å². The largest absolute Gasteiger partial charge is 0.484 e. The van der Waals surface area contributed by atoms with Crippen molar-refractivity contribution in [2.24, 2.45) is 5.41 Å². The predicted octanol–water partition coefficient (Wildman–Crippen LogP) is 2.30. The van der Waals surface area contributed by atoms with E-state index in [0.29, 0.717) is 12.2 Å². The van der Waals surface area contributed by atoms with Crippen LogP contribution in [0.25, 0.3) is 0 Å². The number of hydrogen-bond acceptors (Lipinski definition) is 3. The van der Waals surface area contributed by atoms with Gasteiger partial charge in [-0.2, -0.15) is 0 Å². The Morgan fingerprint density at radius 1 is 1.33 bits per heavy atom. The molecule has 0 heterocycles. The van der Waals surface area contributed by atoms with Gasteiger partial charge in [0.15, 0.2) is 6.61 Å². The van der Waals surface area contributed by atoms with E-state index < -0.39 is 11.4 Å². The molecule has 0 aliphatic heterocycles. The third-order valence-electron chi connectivity index (χ3n) is 3.66. The van der Waals surface area contributed by atoms with E-state index >= 15 is 0 Å². The number of benzene rings is 1. The average molecular weight is 293 g/mol. The summed E-state index contributed by atoms with van der Waals surface area (Å²) in [5, 5.41) is 11.7. The van der Waals surface area contributed by atoms with E-state index in [4.69, 9.17) is 9.84 Å². The molecule has 1 rings (SSSR count). The highest BCUT2D eigenvalue weighted by Gasteiger charge is 2.31. The Labute approximate surface area is 125 Å². The van der Waals surface area contributed by atoms with Crippen molar-refractivity contribution in [2.45, 2.75) is 34.1 Å². The molecule has 0 saturated carbocycles. The van der Waals surface area contributed by atoms with Crippen molar-refractivity contribution in [3.8, 4) is 5.75 Å². The summed E-state index contributed by atoms with van der Waals surface area (Å²) >= 11 is 0. The second kappa shape index (κ2) is 7.11. The summed E-state index contributed by atoms with van der Waals surface area (Å²) in [6.07, 6.45) is 0.445. The zero-order valence-electron chi connectivity index (χ0n) is 13.0. The number of hydrogen-bond donors (Lipinski definition) is 2. The number of carboxylic acid groups (broad SMARTS) is 1. The molecule has 0 aliphatic carbocycles. The maximum absolute atomic E-state index is 11.8. The summed E-state index contributed by atoms with van der Waals surface area (Å²) in [7, 11) is 0. The maximum Gasteiger partial charge on any atom is 0.311 e. The van der Waals surface area contributed by atoms with Gasteiger partial charge in [0, 0.05) is 6.54 Å². The number of carbonyl (C=O) groups excluding carboxylic acids is 1. The maximum atomic E-state index is 11.8. The minimum Gasteiger partial charge on any atom is -0.484 e. The summed E-state index contributed by atoms with van der Waals surface area (Å²) in [6, 6.07) is 5.72. The van der Waals surface area contributed by atoms with Gasteiger partial charge in [-0.1, -0.05) is 24.6 Å². The quantitative estimate of drug-likeness (QED) is 0.809. The van der Waals surface area contributed by atoms with Crippen molar-refractivity contribution in [1.82, 2.24) is 5.32 Å². The van der Waals surface area contributed by atoms with E-state index in [1.807, 2.05) is 32.0 Å². The zero-order chi connectivity index (χ0) is 16.0. The van der Waals surface area contributed by atoms with Crippen LogP contribution >= 0.6 is 0 Å². The molecule has 0 aromatic heterocycles. The van der Waals surface area contributed by atoms with Gasteiger partial charge in [0.05, 0.1) is 5.41 Å². The second-order valence-electron chi connectivity index (χ2n) is 5.55. The minimum atomic E-state index is -0.949. The number of carbonyl (C=O) groups is 2. The Bertz CT molecular complexity index is 527. The Kier molecular flexibility index (Phi) is 5.76. The van der Waals surface area contributed by atoms with Gasteiger partial charge in [0.1, 0.15) is 5.75 Å². The van der Waals surface area contributed by atoms with Gasteiger partial charge >= 0.3 is 5.97 Å². The molecule has 0 fully saturated rings. The molecule has 0 radical (unpaired) electrons. The topological polar surface area (TPSA) is 75.6 Å². The van der Waals surface area contributed by atoms with Crippen molar-refractivity contribution in [1.29, 1.82) is 0 Å². The van der Waals surface area contributed by atoms with Gasteiger partial charge in [0.25, 0.3) is 5.91 Å². The predicted molar refractivity (Wildman–Crippen MR) is 80.5 cm³/mol. The fraction of sp³-hybridized carbons (Fsp3) is 0.500. The molecule has 0 aliphatic rings. The van der Waals surface area contributed by atoms with E-state index in [1.54, 1.807) is 13.8 Å². The SMILES string of the molecule is CCC(C)(CNC(=O)COc1ccc(C)cc1C)C(=O)O. The van der Waals surface area contributed by atoms with Gasteiger partial charge in [-0.15, -0.1) is 0 Å². The Morgan fingerprint density at radius 2 is 2.00 bits per heavy atom. The molecule has 1 aromatic carbocycles. The fourth-order valence-electron chi connectivity index (χ4n) is 1.80. The second-order valence-corrected chi connectivity index (χ2v) is 5.55. The first-order valence-corrected chi connectivity index (χ1v) is 6.98. The van der Waals surface area contributed by atoms with Gasteiger partial charge < -0.3 is 15.2 Å². The molecule has 1 atom stereocenters. The van der Waals surface area contributed by atoms with E-state index in [2.05, 4.69) is 5.32 Å².